The number of aliphatic hydroxyl groups is 1. The SMILES string of the molecule is CC(C)C[C@H](NC(=O)[C@H](CS)NC(=O)[C@H](CO)NC(=O)[C@@H](N)C(C)C)C(=O)NCC(=O)N[C@@H](CCC(=O)O)C(=O)O. The van der Waals surface area contributed by atoms with E-state index in [4.69, 9.17) is 15.9 Å². The van der Waals surface area contributed by atoms with Gasteiger partial charge in [0, 0.05) is 12.2 Å². The number of carboxylic acids is 2. The summed E-state index contributed by atoms with van der Waals surface area (Å²) in [5.74, 6) is -7.25. The molecule has 0 radical (unpaired) electrons. The summed E-state index contributed by atoms with van der Waals surface area (Å²) in [6.45, 7) is 5.52. The molecule has 0 fully saturated rings. The number of amides is 5. The molecule has 0 aromatic rings. The van der Waals surface area contributed by atoms with Crippen LogP contribution in [0.2, 0.25) is 0 Å². The third kappa shape index (κ3) is 14.7. The van der Waals surface area contributed by atoms with E-state index in [1.165, 1.54) is 0 Å². The van der Waals surface area contributed by atoms with Gasteiger partial charge >= 0.3 is 11.9 Å². The van der Waals surface area contributed by atoms with Gasteiger partial charge in [0.25, 0.3) is 0 Å². The smallest absolute Gasteiger partial charge is 0.326 e. The van der Waals surface area contributed by atoms with Crippen LogP contribution in [0.3, 0.4) is 0 Å². The lowest BCUT2D eigenvalue weighted by Gasteiger charge is -2.25. The van der Waals surface area contributed by atoms with Crippen LogP contribution < -0.4 is 32.3 Å². The molecule has 5 amide bonds. The molecule has 5 atom stereocenters. The number of hydrogen-bond donors (Lipinski definition) is 10. The number of thiol groups is 1. The van der Waals surface area contributed by atoms with Gasteiger partial charge in [-0.1, -0.05) is 27.7 Å². The third-order valence-electron chi connectivity index (χ3n) is 5.70. The zero-order valence-electron chi connectivity index (χ0n) is 23.5. The quantitative estimate of drug-likeness (QED) is 0.0660. The minimum Gasteiger partial charge on any atom is -0.481 e. The van der Waals surface area contributed by atoms with Crippen molar-refractivity contribution < 1.29 is 48.9 Å². The predicted octanol–water partition coefficient (Wildman–Crippen LogP) is -3.06. The van der Waals surface area contributed by atoms with Crippen molar-refractivity contribution in [3.8, 4) is 0 Å². The predicted molar refractivity (Wildman–Crippen MR) is 148 cm³/mol. The van der Waals surface area contributed by atoms with Gasteiger partial charge < -0.3 is 47.6 Å². The third-order valence-corrected chi connectivity index (χ3v) is 6.06. The average molecular weight is 607 g/mol. The largest absolute Gasteiger partial charge is 0.481 e. The second-order valence-corrected chi connectivity index (χ2v) is 10.4. The number of hydrogen-bond acceptors (Lipinski definition) is 10. The first-order chi connectivity index (χ1) is 19.0. The van der Waals surface area contributed by atoms with Crippen LogP contribution in [-0.2, 0) is 33.6 Å². The van der Waals surface area contributed by atoms with Gasteiger partial charge in [-0.05, 0) is 24.7 Å². The first-order valence-electron chi connectivity index (χ1n) is 12.9. The summed E-state index contributed by atoms with van der Waals surface area (Å²) >= 11 is 4.06. The number of nitrogens with two attached hydrogens (primary N) is 1. The fraction of sp³-hybridized carbons (Fsp3) is 0.708. The van der Waals surface area contributed by atoms with Crippen molar-refractivity contribution in [3.63, 3.8) is 0 Å². The minimum atomic E-state index is -1.48. The van der Waals surface area contributed by atoms with Crippen molar-refractivity contribution in [2.75, 3.05) is 18.9 Å². The summed E-state index contributed by atoms with van der Waals surface area (Å²) in [6.07, 6.45) is -0.727. The Morgan fingerprint density at radius 2 is 1.29 bits per heavy atom. The Kier molecular flexibility index (Phi) is 17.2. The number of carbonyl (C=O) groups is 7. The van der Waals surface area contributed by atoms with Gasteiger partial charge in [0.2, 0.25) is 29.5 Å². The van der Waals surface area contributed by atoms with Crippen LogP contribution in [0.1, 0.15) is 47.0 Å². The van der Waals surface area contributed by atoms with Crippen LogP contribution in [0.5, 0.6) is 0 Å². The Labute approximate surface area is 243 Å². The molecule has 0 aromatic carbocycles. The molecule has 17 heteroatoms. The molecule has 0 aliphatic carbocycles. The highest BCUT2D eigenvalue weighted by Crippen LogP contribution is 2.06. The lowest BCUT2D eigenvalue weighted by atomic mass is 10.0. The molecule has 234 valence electrons. The lowest BCUT2D eigenvalue weighted by molar-refractivity contribution is -0.143. The molecule has 0 saturated heterocycles. The molecule has 0 bridgehead atoms. The molecule has 10 N–H and O–H groups in total. The van der Waals surface area contributed by atoms with Gasteiger partial charge in [0.15, 0.2) is 0 Å². The van der Waals surface area contributed by atoms with E-state index in [2.05, 4.69) is 39.2 Å². The molecule has 0 spiro atoms. The van der Waals surface area contributed by atoms with E-state index in [0.29, 0.717) is 0 Å². The molecule has 0 rings (SSSR count). The first-order valence-corrected chi connectivity index (χ1v) is 13.6. The van der Waals surface area contributed by atoms with E-state index in [0.717, 1.165) is 0 Å². The van der Waals surface area contributed by atoms with Crippen molar-refractivity contribution in [3.05, 3.63) is 0 Å². The summed E-state index contributed by atoms with van der Waals surface area (Å²) in [7, 11) is 0. The van der Waals surface area contributed by atoms with Crippen molar-refractivity contribution in [1.29, 1.82) is 0 Å². The van der Waals surface area contributed by atoms with Gasteiger partial charge in [-0.15, -0.1) is 0 Å². The second kappa shape index (κ2) is 18.8. The first kappa shape index (κ1) is 37.6. The van der Waals surface area contributed by atoms with Crippen LogP contribution in [0.4, 0.5) is 0 Å². The topological polar surface area (TPSA) is 266 Å². The van der Waals surface area contributed by atoms with Gasteiger partial charge in [0.05, 0.1) is 19.2 Å². The summed E-state index contributed by atoms with van der Waals surface area (Å²) in [5, 5.41) is 39.0. The molecule has 0 unspecified atom stereocenters. The van der Waals surface area contributed by atoms with E-state index in [9.17, 15) is 38.7 Å². The molecule has 0 aromatic heterocycles. The van der Waals surface area contributed by atoms with Crippen LogP contribution in [-0.4, -0.2) is 106 Å². The fourth-order valence-corrected chi connectivity index (χ4v) is 3.52. The highest BCUT2D eigenvalue weighted by Gasteiger charge is 2.30. The molecular weight excluding hydrogens is 564 g/mol. The van der Waals surface area contributed by atoms with Gasteiger partial charge in [-0.3, -0.25) is 28.8 Å². The van der Waals surface area contributed by atoms with Crippen molar-refractivity contribution in [2.45, 2.75) is 77.2 Å². The molecule has 0 aliphatic rings. The van der Waals surface area contributed by atoms with Gasteiger partial charge in [-0.2, -0.15) is 12.6 Å². The zero-order chi connectivity index (χ0) is 31.9. The van der Waals surface area contributed by atoms with Crippen molar-refractivity contribution >= 4 is 54.1 Å². The Hall–Kier alpha value is -3.44. The molecular formula is C24H42N6O10S. The number of carbonyl (C=O) groups excluding carboxylic acids is 5. The Morgan fingerprint density at radius 3 is 1.76 bits per heavy atom. The standard InChI is InChI=1S/C24H42N6O10S/c1-11(2)7-14(20(35)26-8-17(32)27-13(24(39)40)5-6-18(33)34)28-22(37)16(10-41)30-21(36)15(9-31)29-23(38)19(25)12(3)4/h11-16,19,31,41H,5-10,25H2,1-4H3,(H,26,35)(H,27,32)(H,28,37)(H,29,38)(H,30,36)(H,33,34)(H,39,40)/t13-,14-,15-,16-,19-/m0/s1. The molecule has 16 nitrogen and oxygen atoms in total. The maximum atomic E-state index is 12.9. The maximum absolute atomic E-state index is 12.9. The van der Waals surface area contributed by atoms with Crippen molar-refractivity contribution in [2.24, 2.45) is 17.6 Å². The summed E-state index contributed by atoms with van der Waals surface area (Å²) in [6, 6.07) is -6.24. The van der Waals surface area contributed by atoms with Crippen LogP contribution in [0.25, 0.3) is 0 Å². The monoisotopic (exact) mass is 606 g/mol. The van der Waals surface area contributed by atoms with Crippen molar-refractivity contribution in [1.82, 2.24) is 26.6 Å². The average Bonchev–Trinajstić information content (AvgIpc) is 2.89. The van der Waals surface area contributed by atoms with E-state index >= 15 is 0 Å². The number of nitrogens with one attached hydrogen (secondary N) is 5. The summed E-state index contributed by atoms with van der Waals surface area (Å²) in [5.41, 5.74) is 5.75. The van der Waals surface area contributed by atoms with E-state index in [-0.39, 0.29) is 30.4 Å². The molecule has 0 saturated carbocycles. The highest BCUT2D eigenvalue weighted by atomic mass is 32.1. The number of rotatable bonds is 19. The second-order valence-electron chi connectivity index (χ2n) is 10.1. The lowest BCUT2D eigenvalue weighted by Crippen LogP contribution is -2.59. The Bertz CT molecular complexity index is 948. The Morgan fingerprint density at radius 1 is 0.756 bits per heavy atom. The fourth-order valence-electron chi connectivity index (χ4n) is 3.27. The normalized spacial score (nSPS) is 14.7. The summed E-state index contributed by atoms with van der Waals surface area (Å²) < 4.78 is 0. The zero-order valence-corrected chi connectivity index (χ0v) is 24.4. The molecule has 41 heavy (non-hydrogen) atoms. The Balaban J connectivity index is 5.28. The van der Waals surface area contributed by atoms with Crippen LogP contribution in [0.15, 0.2) is 0 Å². The van der Waals surface area contributed by atoms with Gasteiger partial charge in [-0.25, -0.2) is 4.79 Å². The maximum Gasteiger partial charge on any atom is 0.326 e. The van der Waals surface area contributed by atoms with E-state index in [1.807, 2.05) is 0 Å². The molecule has 0 heterocycles. The minimum absolute atomic E-state index is 0.101. The number of aliphatic hydroxyl groups excluding tert-OH is 1. The van der Waals surface area contributed by atoms with Crippen LogP contribution in [0, 0.1) is 11.8 Å². The number of aliphatic carboxylic acids is 2. The van der Waals surface area contributed by atoms with E-state index < -0.39 is 91.3 Å². The molecule has 0 aliphatic heterocycles. The highest BCUT2D eigenvalue weighted by molar-refractivity contribution is 7.80. The van der Waals surface area contributed by atoms with Crippen LogP contribution >= 0.6 is 12.6 Å². The number of carboxylic acid groups (broad SMARTS) is 2. The van der Waals surface area contributed by atoms with E-state index in [1.54, 1.807) is 27.7 Å². The summed E-state index contributed by atoms with van der Waals surface area (Å²) in [4.78, 5) is 84.6. The van der Waals surface area contributed by atoms with Gasteiger partial charge in [0.1, 0.15) is 24.2 Å².